The SMILES string of the molecule is CC(C)C(CCl)NS(=O)(=O)c1cccc(C(F)(F)F)c1. The van der Waals surface area contributed by atoms with E-state index in [0.29, 0.717) is 6.07 Å². The summed E-state index contributed by atoms with van der Waals surface area (Å²) in [6.45, 7) is 3.53. The van der Waals surface area contributed by atoms with Crippen LogP contribution in [0.4, 0.5) is 13.2 Å². The Bertz CT molecular complexity index is 558. The molecule has 0 saturated carbocycles. The highest BCUT2D eigenvalue weighted by molar-refractivity contribution is 7.89. The lowest BCUT2D eigenvalue weighted by atomic mass is 10.1. The van der Waals surface area contributed by atoms with Crippen molar-refractivity contribution in [1.82, 2.24) is 4.72 Å². The summed E-state index contributed by atoms with van der Waals surface area (Å²) in [6.07, 6.45) is -4.59. The molecule has 0 bridgehead atoms. The number of benzene rings is 1. The van der Waals surface area contributed by atoms with Crippen LogP contribution in [0.25, 0.3) is 0 Å². The average Bonchev–Trinajstić information content (AvgIpc) is 2.35. The second kappa shape index (κ2) is 6.32. The molecule has 0 aromatic heterocycles. The molecule has 0 aliphatic rings. The predicted molar refractivity (Wildman–Crippen MR) is 71.1 cm³/mol. The summed E-state index contributed by atoms with van der Waals surface area (Å²) < 4.78 is 64.1. The minimum absolute atomic E-state index is 0.0376. The van der Waals surface area contributed by atoms with E-state index >= 15 is 0 Å². The Morgan fingerprint density at radius 3 is 2.35 bits per heavy atom. The molecular weight excluding hydrogens is 315 g/mol. The van der Waals surface area contributed by atoms with E-state index in [2.05, 4.69) is 4.72 Å². The second-order valence-electron chi connectivity index (χ2n) is 4.65. The maximum atomic E-state index is 12.6. The first kappa shape index (κ1) is 17.3. The number of hydrogen-bond acceptors (Lipinski definition) is 2. The number of hydrogen-bond donors (Lipinski definition) is 1. The fourth-order valence-electron chi connectivity index (χ4n) is 1.45. The van der Waals surface area contributed by atoms with Gasteiger partial charge >= 0.3 is 6.18 Å². The van der Waals surface area contributed by atoms with Crippen molar-refractivity contribution in [3.63, 3.8) is 0 Å². The van der Waals surface area contributed by atoms with E-state index < -0.39 is 32.7 Å². The van der Waals surface area contributed by atoms with Gasteiger partial charge in [0.25, 0.3) is 0 Å². The van der Waals surface area contributed by atoms with Gasteiger partial charge in [0.2, 0.25) is 10.0 Å². The van der Waals surface area contributed by atoms with Gasteiger partial charge in [0, 0.05) is 11.9 Å². The first-order chi connectivity index (χ1) is 9.08. The molecule has 1 aromatic rings. The zero-order chi connectivity index (χ0) is 15.6. The summed E-state index contributed by atoms with van der Waals surface area (Å²) in [4.78, 5) is -0.428. The van der Waals surface area contributed by atoms with Crippen molar-refractivity contribution >= 4 is 21.6 Å². The van der Waals surface area contributed by atoms with E-state index in [-0.39, 0.29) is 11.8 Å². The number of rotatable bonds is 5. The smallest absolute Gasteiger partial charge is 0.207 e. The van der Waals surface area contributed by atoms with Crippen LogP contribution in [0.1, 0.15) is 19.4 Å². The predicted octanol–water partition coefficient (Wildman–Crippen LogP) is 3.25. The zero-order valence-corrected chi connectivity index (χ0v) is 12.5. The molecule has 1 unspecified atom stereocenters. The minimum atomic E-state index is -4.59. The molecule has 0 spiro atoms. The van der Waals surface area contributed by atoms with Gasteiger partial charge in [-0.05, 0) is 24.1 Å². The summed E-state index contributed by atoms with van der Waals surface area (Å²) >= 11 is 5.65. The first-order valence-corrected chi connectivity index (χ1v) is 7.85. The molecule has 0 aliphatic carbocycles. The Balaban J connectivity index is 3.10. The van der Waals surface area contributed by atoms with E-state index in [1.165, 1.54) is 0 Å². The Hall–Kier alpha value is -0.790. The summed E-state index contributed by atoms with van der Waals surface area (Å²) in [5.74, 6) is -0.0383. The van der Waals surface area contributed by atoms with Crippen LogP contribution < -0.4 is 4.72 Å². The molecule has 0 radical (unpaired) electrons. The van der Waals surface area contributed by atoms with Gasteiger partial charge in [-0.3, -0.25) is 0 Å². The van der Waals surface area contributed by atoms with Gasteiger partial charge in [0.1, 0.15) is 0 Å². The molecule has 1 N–H and O–H groups in total. The highest BCUT2D eigenvalue weighted by Gasteiger charge is 2.32. The summed E-state index contributed by atoms with van der Waals surface area (Å²) in [6, 6.07) is 3.05. The van der Waals surface area contributed by atoms with Crippen molar-refractivity contribution < 1.29 is 21.6 Å². The van der Waals surface area contributed by atoms with E-state index in [1.807, 2.05) is 0 Å². The van der Waals surface area contributed by atoms with Gasteiger partial charge in [0.15, 0.2) is 0 Å². The third-order valence-electron chi connectivity index (χ3n) is 2.75. The highest BCUT2D eigenvalue weighted by Crippen LogP contribution is 2.30. The van der Waals surface area contributed by atoms with E-state index in [1.54, 1.807) is 13.8 Å². The topological polar surface area (TPSA) is 46.2 Å². The Labute approximate surface area is 121 Å². The van der Waals surface area contributed by atoms with Crippen LogP contribution >= 0.6 is 11.6 Å². The van der Waals surface area contributed by atoms with Crippen LogP contribution in [-0.4, -0.2) is 20.3 Å². The standard InChI is InChI=1S/C12H15ClF3NO2S/c1-8(2)11(7-13)17-20(18,19)10-5-3-4-9(6-10)12(14,15)16/h3-6,8,11,17H,7H2,1-2H3. The van der Waals surface area contributed by atoms with Gasteiger partial charge in [-0.25, -0.2) is 13.1 Å². The highest BCUT2D eigenvalue weighted by atomic mass is 35.5. The third kappa shape index (κ3) is 4.36. The number of halogens is 4. The van der Waals surface area contributed by atoms with Crippen molar-refractivity contribution in [2.75, 3.05) is 5.88 Å². The zero-order valence-electron chi connectivity index (χ0n) is 10.9. The quantitative estimate of drug-likeness (QED) is 0.843. The van der Waals surface area contributed by atoms with Crippen LogP contribution in [0.2, 0.25) is 0 Å². The van der Waals surface area contributed by atoms with Crippen molar-refractivity contribution in [2.45, 2.75) is 31.0 Å². The van der Waals surface area contributed by atoms with Crippen LogP contribution in [0.15, 0.2) is 29.2 Å². The molecule has 3 nitrogen and oxygen atoms in total. The lowest BCUT2D eigenvalue weighted by Crippen LogP contribution is -2.39. The molecule has 1 rings (SSSR count). The Morgan fingerprint density at radius 1 is 1.30 bits per heavy atom. The Morgan fingerprint density at radius 2 is 1.90 bits per heavy atom. The molecule has 0 saturated heterocycles. The van der Waals surface area contributed by atoms with Gasteiger partial charge < -0.3 is 0 Å². The molecule has 0 heterocycles. The fraction of sp³-hybridized carbons (Fsp3) is 0.500. The van der Waals surface area contributed by atoms with Crippen LogP contribution in [-0.2, 0) is 16.2 Å². The monoisotopic (exact) mass is 329 g/mol. The molecule has 20 heavy (non-hydrogen) atoms. The summed E-state index contributed by atoms with van der Waals surface area (Å²) in [7, 11) is -4.03. The van der Waals surface area contributed by atoms with E-state index in [0.717, 1.165) is 18.2 Å². The summed E-state index contributed by atoms with van der Waals surface area (Å²) in [5, 5.41) is 0. The molecule has 0 aliphatic heterocycles. The number of sulfonamides is 1. The molecule has 1 aromatic carbocycles. The average molecular weight is 330 g/mol. The van der Waals surface area contributed by atoms with Crippen LogP contribution in [0.3, 0.4) is 0 Å². The third-order valence-corrected chi connectivity index (χ3v) is 4.57. The van der Waals surface area contributed by atoms with Gasteiger partial charge in [-0.1, -0.05) is 19.9 Å². The maximum Gasteiger partial charge on any atom is 0.416 e. The fourth-order valence-corrected chi connectivity index (χ4v) is 3.41. The molecule has 0 fully saturated rings. The van der Waals surface area contributed by atoms with Crippen molar-refractivity contribution in [2.24, 2.45) is 5.92 Å². The number of nitrogens with one attached hydrogen (secondary N) is 1. The first-order valence-electron chi connectivity index (χ1n) is 5.83. The van der Waals surface area contributed by atoms with Crippen molar-refractivity contribution in [1.29, 1.82) is 0 Å². The van der Waals surface area contributed by atoms with E-state index in [9.17, 15) is 21.6 Å². The molecule has 114 valence electrons. The molecular formula is C12H15ClF3NO2S. The summed E-state index contributed by atoms with van der Waals surface area (Å²) in [5.41, 5.74) is -1.01. The second-order valence-corrected chi connectivity index (χ2v) is 6.67. The number of alkyl halides is 4. The van der Waals surface area contributed by atoms with Gasteiger partial charge in [-0.15, -0.1) is 11.6 Å². The molecule has 1 atom stereocenters. The molecule has 0 amide bonds. The maximum absolute atomic E-state index is 12.6. The minimum Gasteiger partial charge on any atom is -0.207 e. The van der Waals surface area contributed by atoms with Crippen LogP contribution in [0, 0.1) is 5.92 Å². The molecule has 8 heteroatoms. The lowest BCUT2D eigenvalue weighted by molar-refractivity contribution is -0.137. The lowest BCUT2D eigenvalue weighted by Gasteiger charge is -2.20. The van der Waals surface area contributed by atoms with Gasteiger partial charge in [0.05, 0.1) is 10.5 Å². The van der Waals surface area contributed by atoms with Crippen molar-refractivity contribution in [3.8, 4) is 0 Å². The normalized spacial score (nSPS) is 14.6. The Kier molecular flexibility index (Phi) is 5.46. The van der Waals surface area contributed by atoms with Crippen molar-refractivity contribution in [3.05, 3.63) is 29.8 Å². The van der Waals surface area contributed by atoms with E-state index in [4.69, 9.17) is 11.6 Å². The van der Waals surface area contributed by atoms with Crippen LogP contribution in [0.5, 0.6) is 0 Å². The largest absolute Gasteiger partial charge is 0.416 e. The van der Waals surface area contributed by atoms with Gasteiger partial charge in [-0.2, -0.15) is 13.2 Å².